The molecule has 0 saturated carbocycles. The minimum atomic E-state index is 0.0855. The van der Waals surface area contributed by atoms with Crippen LogP contribution in [0.25, 0.3) is 0 Å². The summed E-state index contributed by atoms with van der Waals surface area (Å²) in [6.07, 6.45) is 1.80. The number of nitriles is 1. The summed E-state index contributed by atoms with van der Waals surface area (Å²) >= 11 is 0. The number of nitrogens with two attached hydrogens (primary N) is 2. The van der Waals surface area contributed by atoms with E-state index in [0.29, 0.717) is 11.4 Å². The molecule has 0 spiro atoms. The largest absolute Gasteiger partial charge is 0.366 e. The number of hydrogen-bond donors (Lipinski definition) is 2. The number of hydrogen-bond acceptors (Lipinski definition) is 6. The van der Waals surface area contributed by atoms with Gasteiger partial charge in [-0.2, -0.15) is 5.26 Å². The van der Waals surface area contributed by atoms with E-state index in [1.54, 1.807) is 0 Å². The number of nitrogens with zero attached hydrogens (tertiary/aromatic N) is 3. The second kappa shape index (κ2) is 3.79. The molecule has 15 heavy (non-hydrogen) atoms. The molecule has 0 bridgehead atoms. The first kappa shape index (κ1) is 9.80. The monoisotopic (exact) mass is 207 g/mol. The molecule has 1 aromatic rings. The molecule has 0 aromatic carbocycles. The highest BCUT2D eigenvalue weighted by Gasteiger charge is 2.23. The molecule has 2 heterocycles. The van der Waals surface area contributed by atoms with Crippen molar-refractivity contribution in [2.75, 3.05) is 23.7 Å². The SMILES string of the molecule is N#Cc1c(N2CCC(N)CC2)noc1N. The van der Waals surface area contributed by atoms with Crippen LogP contribution in [0.15, 0.2) is 4.52 Å². The van der Waals surface area contributed by atoms with Crippen LogP contribution in [0.1, 0.15) is 18.4 Å². The topological polar surface area (TPSA) is 105 Å². The quantitative estimate of drug-likeness (QED) is 0.674. The third-order valence-corrected chi connectivity index (χ3v) is 2.65. The zero-order valence-corrected chi connectivity index (χ0v) is 8.31. The van der Waals surface area contributed by atoms with Crippen LogP contribution in [0.5, 0.6) is 0 Å². The van der Waals surface area contributed by atoms with E-state index in [0.717, 1.165) is 25.9 Å². The van der Waals surface area contributed by atoms with Gasteiger partial charge in [-0.05, 0) is 12.8 Å². The molecule has 6 heteroatoms. The summed E-state index contributed by atoms with van der Waals surface area (Å²) in [7, 11) is 0. The molecule has 0 radical (unpaired) electrons. The number of nitrogen functional groups attached to an aromatic ring is 1. The lowest BCUT2D eigenvalue weighted by atomic mass is 10.1. The van der Waals surface area contributed by atoms with Crippen molar-refractivity contribution in [3.8, 4) is 6.07 Å². The summed E-state index contributed by atoms with van der Waals surface area (Å²) in [6, 6.07) is 2.24. The predicted molar refractivity (Wildman–Crippen MR) is 55.1 cm³/mol. The molecule has 0 amide bonds. The molecule has 1 fully saturated rings. The first-order chi connectivity index (χ1) is 7.22. The molecule has 0 aliphatic carbocycles. The first-order valence-electron chi connectivity index (χ1n) is 4.88. The fourth-order valence-corrected chi connectivity index (χ4v) is 1.73. The predicted octanol–water partition coefficient (Wildman–Crippen LogP) is 0.0560. The lowest BCUT2D eigenvalue weighted by Gasteiger charge is -2.29. The van der Waals surface area contributed by atoms with Crippen molar-refractivity contribution in [2.24, 2.45) is 5.73 Å². The average molecular weight is 207 g/mol. The van der Waals surface area contributed by atoms with Gasteiger partial charge in [0.05, 0.1) is 0 Å². The number of rotatable bonds is 1. The highest BCUT2D eigenvalue weighted by Crippen LogP contribution is 2.26. The van der Waals surface area contributed by atoms with Crippen LogP contribution >= 0.6 is 0 Å². The van der Waals surface area contributed by atoms with Crippen LogP contribution in [-0.2, 0) is 0 Å². The van der Waals surface area contributed by atoms with Gasteiger partial charge in [0, 0.05) is 19.1 Å². The second-order valence-electron chi connectivity index (χ2n) is 3.68. The highest BCUT2D eigenvalue weighted by atomic mass is 16.5. The maximum atomic E-state index is 8.89. The third kappa shape index (κ3) is 1.74. The molecule has 0 unspecified atom stereocenters. The molecule has 2 rings (SSSR count). The zero-order valence-electron chi connectivity index (χ0n) is 8.31. The van der Waals surface area contributed by atoms with Crippen molar-refractivity contribution in [1.82, 2.24) is 5.16 Å². The van der Waals surface area contributed by atoms with Gasteiger partial charge in [-0.3, -0.25) is 0 Å². The van der Waals surface area contributed by atoms with Gasteiger partial charge in [-0.25, -0.2) is 0 Å². The molecule has 1 aliphatic heterocycles. The van der Waals surface area contributed by atoms with Crippen LogP contribution in [-0.4, -0.2) is 24.3 Å². The Labute approximate surface area is 87.4 Å². The van der Waals surface area contributed by atoms with Gasteiger partial charge in [0.1, 0.15) is 6.07 Å². The lowest BCUT2D eigenvalue weighted by Crippen LogP contribution is -2.40. The molecule has 1 aromatic heterocycles. The van der Waals surface area contributed by atoms with E-state index >= 15 is 0 Å². The first-order valence-corrected chi connectivity index (χ1v) is 4.88. The Kier molecular flexibility index (Phi) is 2.47. The fraction of sp³-hybridized carbons (Fsp3) is 0.556. The normalized spacial score (nSPS) is 17.7. The number of aromatic nitrogens is 1. The van der Waals surface area contributed by atoms with Gasteiger partial charge >= 0.3 is 0 Å². The Bertz CT molecular complexity index is 386. The van der Waals surface area contributed by atoms with Crippen molar-refractivity contribution in [1.29, 1.82) is 5.26 Å². The Morgan fingerprint density at radius 3 is 2.73 bits per heavy atom. The molecule has 6 nitrogen and oxygen atoms in total. The Morgan fingerprint density at radius 2 is 2.13 bits per heavy atom. The molecule has 1 saturated heterocycles. The van der Waals surface area contributed by atoms with Gasteiger partial charge in [0.15, 0.2) is 11.4 Å². The minimum absolute atomic E-state index is 0.0855. The fourth-order valence-electron chi connectivity index (χ4n) is 1.73. The maximum Gasteiger partial charge on any atom is 0.242 e. The Hall–Kier alpha value is -1.74. The summed E-state index contributed by atoms with van der Waals surface area (Å²) < 4.78 is 4.80. The van der Waals surface area contributed by atoms with E-state index in [2.05, 4.69) is 5.16 Å². The summed E-state index contributed by atoms with van der Waals surface area (Å²) in [5.74, 6) is 0.629. The van der Waals surface area contributed by atoms with Gasteiger partial charge < -0.3 is 20.9 Å². The Balaban J connectivity index is 2.20. The second-order valence-corrected chi connectivity index (χ2v) is 3.68. The smallest absolute Gasteiger partial charge is 0.242 e. The van der Waals surface area contributed by atoms with Gasteiger partial charge in [-0.1, -0.05) is 5.16 Å². The van der Waals surface area contributed by atoms with Gasteiger partial charge in [0.25, 0.3) is 0 Å². The summed E-state index contributed by atoms with van der Waals surface area (Å²) in [5, 5.41) is 12.7. The average Bonchev–Trinajstić information content (AvgIpc) is 2.61. The van der Waals surface area contributed by atoms with Crippen LogP contribution in [0.4, 0.5) is 11.7 Å². The van der Waals surface area contributed by atoms with Crippen LogP contribution in [0.2, 0.25) is 0 Å². The van der Waals surface area contributed by atoms with Crippen molar-refractivity contribution in [3.63, 3.8) is 0 Å². The molecular formula is C9H13N5O. The van der Waals surface area contributed by atoms with E-state index in [1.165, 1.54) is 0 Å². The molecule has 1 aliphatic rings. The van der Waals surface area contributed by atoms with Crippen molar-refractivity contribution in [3.05, 3.63) is 5.56 Å². The van der Waals surface area contributed by atoms with E-state index < -0.39 is 0 Å². The van der Waals surface area contributed by atoms with Crippen molar-refractivity contribution < 1.29 is 4.52 Å². The highest BCUT2D eigenvalue weighted by molar-refractivity contribution is 5.62. The van der Waals surface area contributed by atoms with Crippen molar-refractivity contribution >= 4 is 11.7 Å². The van der Waals surface area contributed by atoms with Crippen LogP contribution in [0.3, 0.4) is 0 Å². The summed E-state index contributed by atoms with van der Waals surface area (Å²) in [4.78, 5) is 1.99. The van der Waals surface area contributed by atoms with Crippen LogP contribution < -0.4 is 16.4 Å². The maximum absolute atomic E-state index is 8.89. The van der Waals surface area contributed by atoms with Gasteiger partial charge in [-0.15, -0.1) is 0 Å². The molecular weight excluding hydrogens is 194 g/mol. The van der Waals surface area contributed by atoms with E-state index in [9.17, 15) is 0 Å². The number of piperidine rings is 1. The van der Waals surface area contributed by atoms with E-state index in [-0.39, 0.29) is 11.9 Å². The van der Waals surface area contributed by atoms with Crippen LogP contribution in [0, 0.1) is 11.3 Å². The third-order valence-electron chi connectivity index (χ3n) is 2.65. The van der Waals surface area contributed by atoms with E-state index in [1.807, 2.05) is 11.0 Å². The minimum Gasteiger partial charge on any atom is -0.366 e. The molecule has 80 valence electrons. The Morgan fingerprint density at radius 1 is 1.47 bits per heavy atom. The lowest BCUT2D eigenvalue weighted by molar-refractivity contribution is 0.427. The number of anilines is 2. The van der Waals surface area contributed by atoms with Crippen molar-refractivity contribution in [2.45, 2.75) is 18.9 Å². The summed E-state index contributed by atoms with van der Waals surface area (Å²) in [6.45, 7) is 1.59. The molecule has 4 N–H and O–H groups in total. The molecule has 0 atom stereocenters. The van der Waals surface area contributed by atoms with Gasteiger partial charge in [0.2, 0.25) is 5.88 Å². The van der Waals surface area contributed by atoms with E-state index in [4.69, 9.17) is 21.3 Å². The zero-order chi connectivity index (χ0) is 10.8. The standard InChI is InChI=1S/C9H13N5O/c10-5-7-8(12)15-13-9(7)14-3-1-6(11)2-4-14/h6H,1-4,11-12H2. The summed E-state index contributed by atoms with van der Waals surface area (Å²) in [5.41, 5.74) is 11.6.